The molecule has 1 fully saturated rings. The monoisotopic (exact) mass is 531 g/mol. The van der Waals surface area contributed by atoms with Gasteiger partial charge in [0.05, 0.1) is 14.2 Å². The van der Waals surface area contributed by atoms with Crippen molar-refractivity contribution in [2.75, 3.05) is 41.4 Å². The number of hydrogen-bond acceptors (Lipinski definition) is 5. The van der Waals surface area contributed by atoms with Gasteiger partial charge in [0, 0.05) is 51.3 Å². The van der Waals surface area contributed by atoms with Crippen molar-refractivity contribution >= 4 is 24.3 Å². The number of rotatable bonds is 10. The SMILES string of the molecule is COc1ccc(C(=O)CCCCC[N+]2(OC(=O)N(C)C)CC[C@H]3c4ccccc4CC[C@H]32)cc1OC.Cl. The minimum absolute atomic E-state index is 0. The lowest BCUT2D eigenvalue weighted by atomic mass is 9.79. The van der Waals surface area contributed by atoms with Gasteiger partial charge in [-0.2, -0.15) is 0 Å². The summed E-state index contributed by atoms with van der Waals surface area (Å²) in [6, 6.07) is 14.3. The fourth-order valence-corrected chi connectivity index (χ4v) is 5.94. The molecule has 0 bridgehead atoms. The molecule has 37 heavy (non-hydrogen) atoms. The minimum atomic E-state index is -0.280. The number of carbonyl (C=O) groups is 2. The Hall–Kier alpha value is -2.77. The van der Waals surface area contributed by atoms with Crippen molar-refractivity contribution in [3.8, 4) is 11.5 Å². The number of halogens is 1. The second kappa shape index (κ2) is 12.7. The first kappa shape index (κ1) is 28.8. The number of benzene rings is 2. The van der Waals surface area contributed by atoms with Crippen LogP contribution in [0.15, 0.2) is 42.5 Å². The van der Waals surface area contributed by atoms with Crippen LogP contribution in [-0.2, 0) is 11.3 Å². The Bertz CT molecular complexity index is 1090. The number of unbranched alkanes of at least 4 members (excludes halogenated alkanes) is 2. The molecule has 0 aromatic heterocycles. The molecule has 1 aliphatic carbocycles. The largest absolute Gasteiger partial charge is 0.493 e. The van der Waals surface area contributed by atoms with E-state index >= 15 is 0 Å². The number of nitrogens with zero attached hydrogens (tertiary/aromatic N) is 2. The molecule has 0 N–H and O–H groups in total. The van der Waals surface area contributed by atoms with Gasteiger partial charge in [-0.15, -0.1) is 17.1 Å². The predicted molar refractivity (Wildman–Crippen MR) is 146 cm³/mol. The van der Waals surface area contributed by atoms with Crippen molar-refractivity contribution in [3.63, 3.8) is 0 Å². The van der Waals surface area contributed by atoms with Crippen LogP contribution in [0.4, 0.5) is 4.79 Å². The second-order valence-electron chi connectivity index (χ2n) is 10.2. The predicted octanol–water partition coefficient (Wildman–Crippen LogP) is 5.80. The number of hydroxylamine groups is 3. The molecule has 0 radical (unpaired) electrons. The summed E-state index contributed by atoms with van der Waals surface area (Å²) >= 11 is 0. The van der Waals surface area contributed by atoms with E-state index < -0.39 is 0 Å². The highest BCUT2D eigenvalue weighted by atomic mass is 35.5. The number of quaternary nitrogens is 1. The summed E-state index contributed by atoms with van der Waals surface area (Å²) in [5, 5.41) is 0. The van der Waals surface area contributed by atoms with E-state index in [0.717, 1.165) is 51.6 Å². The lowest BCUT2D eigenvalue weighted by molar-refractivity contribution is -1.10. The van der Waals surface area contributed by atoms with E-state index in [-0.39, 0.29) is 30.3 Å². The summed E-state index contributed by atoms with van der Waals surface area (Å²) in [6.07, 6.45) is 5.89. The standard InChI is InChI=1S/C29H39N2O5.ClH/c1-30(2)29(33)36-31(19-17-24-23-11-8-7-10-21(23)13-15-25(24)31)18-9-5-6-12-26(32)22-14-16-27(34-3)28(20-22)35-4;/h7-8,10-11,14,16,20,24-25H,5-6,9,12-13,15,17-19H2,1-4H3;1H/q+1;/t24-,25+,31?;/m0./s1. The Morgan fingerprint density at radius 1 is 0.973 bits per heavy atom. The van der Waals surface area contributed by atoms with Gasteiger partial charge in [-0.1, -0.05) is 24.3 Å². The molecule has 1 aliphatic heterocycles. The first-order valence-corrected chi connectivity index (χ1v) is 13.0. The average Bonchev–Trinajstić information content (AvgIpc) is 3.26. The van der Waals surface area contributed by atoms with Gasteiger partial charge in [-0.25, -0.2) is 4.79 Å². The first-order valence-electron chi connectivity index (χ1n) is 13.0. The molecule has 202 valence electrons. The fraction of sp³-hybridized carbons (Fsp3) is 0.517. The topological polar surface area (TPSA) is 65.1 Å². The zero-order valence-corrected chi connectivity index (χ0v) is 23.2. The number of ether oxygens (including phenoxy) is 2. The lowest BCUT2D eigenvalue weighted by Gasteiger charge is -2.40. The van der Waals surface area contributed by atoms with Gasteiger partial charge in [-0.3, -0.25) is 9.63 Å². The van der Waals surface area contributed by atoms with E-state index in [9.17, 15) is 9.59 Å². The number of methoxy groups -OCH3 is 2. The third kappa shape index (κ3) is 6.21. The number of ketones is 1. The Labute approximate surface area is 226 Å². The van der Waals surface area contributed by atoms with Crippen molar-refractivity contribution in [2.45, 2.75) is 56.9 Å². The normalized spacial score (nSPS) is 21.7. The van der Waals surface area contributed by atoms with E-state index in [1.165, 1.54) is 16.0 Å². The van der Waals surface area contributed by atoms with Crippen LogP contribution in [0.3, 0.4) is 0 Å². The van der Waals surface area contributed by atoms with Crippen LogP contribution in [0.25, 0.3) is 0 Å². The Balaban J connectivity index is 0.00000380. The summed E-state index contributed by atoms with van der Waals surface area (Å²) in [5.41, 5.74) is 3.50. The third-order valence-electron chi connectivity index (χ3n) is 7.82. The molecule has 1 amide bonds. The highest BCUT2D eigenvalue weighted by Crippen LogP contribution is 2.46. The van der Waals surface area contributed by atoms with Crippen LogP contribution in [0.1, 0.15) is 65.9 Å². The molecule has 0 saturated carbocycles. The Kier molecular flexibility index (Phi) is 9.85. The molecule has 1 saturated heterocycles. The van der Waals surface area contributed by atoms with Gasteiger partial charge in [0.25, 0.3) is 0 Å². The van der Waals surface area contributed by atoms with E-state index in [0.29, 0.717) is 34.0 Å². The van der Waals surface area contributed by atoms with Crippen LogP contribution >= 0.6 is 12.4 Å². The number of likely N-dealkylation sites (tertiary alicyclic amines) is 1. The number of Topliss-reactive ketones (excluding diaryl/α,β-unsaturated/α-hetero) is 1. The van der Waals surface area contributed by atoms with Crippen molar-refractivity contribution in [2.24, 2.45) is 0 Å². The zero-order chi connectivity index (χ0) is 25.7. The van der Waals surface area contributed by atoms with Gasteiger partial charge >= 0.3 is 6.09 Å². The number of fused-ring (bicyclic) bond motifs is 3. The summed E-state index contributed by atoms with van der Waals surface area (Å²) < 4.78 is 11.0. The summed E-state index contributed by atoms with van der Waals surface area (Å²) in [4.78, 5) is 33.2. The van der Waals surface area contributed by atoms with Gasteiger partial charge in [0.15, 0.2) is 17.3 Å². The van der Waals surface area contributed by atoms with Gasteiger partial charge in [-0.05, 0) is 48.6 Å². The molecular weight excluding hydrogens is 492 g/mol. The molecule has 8 heteroatoms. The number of aryl methyl sites for hydroxylation is 1. The maximum atomic E-state index is 12.7. The summed E-state index contributed by atoms with van der Waals surface area (Å²) in [5.74, 6) is 1.71. The fourth-order valence-electron chi connectivity index (χ4n) is 5.94. The smallest absolute Gasteiger partial charge is 0.463 e. The molecule has 1 heterocycles. The maximum Gasteiger partial charge on any atom is 0.463 e. The quantitative estimate of drug-likeness (QED) is 0.220. The second-order valence-corrected chi connectivity index (χ2v) is 10.2. The number of amides is 1. The number of hydrogen-bond donors (Lipinski definition) is 0. The molecule has 4 rings (SSSR count). The third-order valence-corrected chi connectivity index (χ3v) is 7.82. The van der Waals surface area contributed by atoms with Crippen LogP contribution in [-0.4, -0.2) is 68.9 Å². The maximum absolute atomic E-state index is 12.7. The van der Waals surface area contributed by atoms with E-state index in [1.807, 2.05) is 0 Å². The molecule has 1 unspecified atom stereocenters. The van der Waals surface area contributed by atoms with Crippen molar-refractivity contribution in [3.05, 3.63) is 59.2 Å². The highest BCUT2D eigenvalue weighted by molar-refractivity contribution is 5.96. The van der Waals surface area contributed by atoms with Crippen LogP contribution in [0.2, 0.25) is 0 Å². The van der Waals surface area contributed by atoms with Crippen LogP contribution < -0.4 is 9.47 Å². The van der Waals surface area contributed by atoms with E-state index in [2.05, 4.69) is 24.3 Å². The van der Waals surface area contributed by atoms with Gasteiger partial charge in [0.2, 0.25) is 0 Å². The van der Waals surface area contributed by atoms with Crippen LogP contribution in [0.5, 0.6) is 11.5 Å². The minimum Gasteiger partial charge on any atom is -0.493 e. The molecule has 2 aromatic carbocycles. The average molecular weight is 532 g/mol. The van der Waals surface area contributed by atoms with Gasteiger partial charge in [0.1, 0.15) is 19.1 Å². The highest BCUT2D eigenvalue weighted by Gasteiger charge is 2.54. The molecule has 2 aliphatic rings. The molecule has 3 atom stereocenters. The van der Waals surface area contributed by atoms with Crippen molar-refractivity contribution in [1.29, 1.82) is 0 Å². The van der Waals surface area contributed by atoms with Crippen LogP contribution in [0, 0.1) is 0 Å². The Morgan fingerprint density at radius 3 is 2.46 bits per heavy atom. The molecule has 2 aromatic rings. The summed E-state index contributed by atoms with van der Waals surface area (Å²) in [7, 11) is 6.63. The van der Waals surface area contributed by atoms with E-state index in [4.69, 9.17) is 14.3 Å². The summed E-state index contributed by atoms with van der Waals surface area (Å²) in [6.45, 7) is 1.63. The van der Waals surface area contributed by atoms with Gasteiger partial charge < -0.3 is 14.4 Å². The van der Waals surface area contributed by atoms with Crippen molar-refractivity contribution < 1.29 is 28.5 Å². The zero-order valence-electron chi connectivity index (χ0n) is 22.4. The number of carbonyl (C=O) groups excluding carboxylic acids is 2. The van der Waals surface area contributed by atoms with Crippen molar-refractivity contribution in [1.82, 2.24) is 4.90 Å². The molecular formula is C29H40ClN2O5+. The van der Waals surface area contributed by atoms with E-state index in [1.54, 1.807) is 46.5 Å². The Morgan fingerprint density at radius 2 is 1.73 bits per heavy atom. The molecule has 0 spiro atoms. The lowest BCUT2D eigenvalue weighted by Crippen LogP contribution is -2.56. The molecule has 7 nitrogen and oxygen atoms in total. The first-order chi connectivity index (χ1) is 17.4.